The number of likely N-dealkylation sites (tertiary alicyclic amines) is 1. The topological polar surface area (TPSA) is 26.6 Å². The number of hydrogen-bond acceptors (Lipinski definition) is 3. The van der Waals surface area contributed by atoms with Gasteiger partial charge in [0, 0.05) is 23.9 Å². The molecule has 0 saturated carbocycles. The van der Waals surface area contributed by atoms with Crippen LogP contribution in [-0.2, 0) is 11.2 Å². The van der Waals surface area contributed by atoms with Gasteiger partial charge in [0.25, 0.3) is 0 Å². The normalized spacial score (nSPS) is 33.3. The number of benzene rings is 1. The zero-order valence-corrected chi connectivity index (χ0v) is 15.2. The minimum atomic E-state index is 0.128. The van der Waals surface area contributed by atoms with E-state index in [4.69, 9.17) is 9.57 Å². The molecule has 4 heterocycles. The number of aromatic nitrogens is 1. The third-order valence-electron chi connectivity index (χ3n) is 6.69. The summed E-state index contributed by atoms with van der Waals surface area (Å²) in [7, 11) is 4.04. The molecule has 1 aromatic heterocycles. The van der Waals surface area contributed by atoms with E-state index in [1.807, 2.05) is 4.73 Å². The van der Waals surface area contributed by atoms with Gasteiger partial charge in [0.15, 0.2) is 0 Å². The van der Waals surface area contributed by atoms with Crippen LogP contribution in [0.2, 0.25) is 0 Å². The van der Waals surface area contributed by atoms with Crippen LogP contribution in [-0.4, -0.2) is 43.0 Å². The summed E-state index contributed by atoms with van der Waals surface area (Å²) in [5, 5.41) is 1.32. The van der Waals surface area contributed by atoms with Gasteiger partial charge in [-0.2, -0.15) is 4.73 Å². The summed E-state index contributed by atoms with van der Waals surface area (Å²) in [6.07, 6.45) is 4.62. The quantitative estimate of drug-likeness (QED) is 0.747. The molecular formula is C21H26N2O2. The van der Waals surface area contributed by atoms with E-state index in [0.29, 0.717) is 17.9 Å². The summed E-state index contributed by atoms with van der Waals surface area (Å²) in [5.74, 6) is 1.24. The van der Waals surface area contributed by atoms with Gasteiger partial charge in [-0.1, -0.05) is 29.8 Å². The van der Waals surface area contributed by atoms with Gasteiger partial charge in [0.2, 0.25) is 0 Å². The summed E-state index contributed by atoms with van der Waals surface area (Å²) in [6, 6.07) is 9.14. The molecule has 25 heavy (non-hydrogen) atoms. The Hall–Kier alpha value is -1.78. The van der Waals surface area contributed by atoms with Crippen LogP contribution in [0.15, 0.2) is 35.9 Å². The van der Waals surface area contributed by atoms with Gasteiger partial charge in [0.1, 0.15) is 13.2 Å². The summed E-state index contributed by atoms with van der Waals surface area (Å²) >= 11 is 0. The number of ether oxygens (including phenoxy) is 1. The van der Waals surface area contributed by atoms with Crippen LogP contribution in [0.5, 0.6) is 0 Å². The van der Waals surface area contributed by atoms with Gasteiger partial charge in [-0.3, -0.25) is 4.90 Å². The number of hydrogen-bond donors (Lipinski definition) is 0. The molecule has 4 aliphatic rings. The highest BCUT2D eigenvalue weighted by Gasteiger charge is 2.47. The van der Waals surface area contributed by atoms with E-state index in [9.17, 15) is 0 Å². The molecule has 2 saturated heterocycles. The minimum absolute atomic E-state index is 0.128. The van der Waals surface area contributed by atoms with Crippen LogP contribution in [0.1, 0.15) is 30.7 Å². The lowest BCUT2D eigenvalue weighted by Gasteiger charge is -2.51. The largest absolute Gasteiger partial charge is 0.417 e. The van der Waals surface area contributed by atoms with E-state index in [0.717, 1.165) is 31.5 Å². The zero-order valence-electron chi connectivity index (χ0n) is 15.2. The Kier molecular flexibility index (Phi) is 3.47. The Morgan fingerprint density at radius 1 is 1.28 bits per heavy atom. The maximum atomic E-state index is 6.40. The van der Waals surface area contributed by atoms with E-state index in [2.05, 4.69) is 49.2 Å². The SMILES string of the molecule is C/C=C1/CN(C)[C@H]2Cc3c(n(OC)c4ccccc34)[C@@H]3CC1C2CO3. The lowest BCUT2D eigenvalue weighted by atomic mass is 9.69. The van der Waals surface area contributed by atoms with Crippen LogP contribution < -0.4 is 4.84 Å². The molecule has 0 radical (unpaired) electrons. The summed E-state index contributed by atoms with van der Waals surface area (Å²) in [4.78, 5) is 8.36. The van der Waals surface area contributed by atoms with Gasteiger partial charge >= 0.3 is 0 Å². The molecule has 2 aromatic rings. The molecule has 4 bridgehead atoms. The molecule has 6 rings (SSSR count). The molecule has 4 atom stereocenters. The van der Waals surface area contributed by atoms with Crippen molar-refractivity contribution in [3.05, 3.63) is 47.2 Å². The molecule has 2 fully saturated rings. The monoisotopic (exact) mass is 338 g/mol. The van der Waals surface area contributed by atoms with Crippen LogP contribution in [0.3, 0.4) is 0 Å². The molecule has 3 aliphatic heterocycles. The van der Waals surface area contributed by atoms with Crippen molar-refractivity contribution in [2.75, 3.05) is 27.3 Å². The Morgan fingerprint density at radius 3 is 2.92 bits per heavy atom. The number of rotatable bonds is 1. The molecule has 0 amide bonds. The first-order chi connectivity index (χ1) is 12.2. The average molecular weight is 338 g/mol. The second-order valence-corrected chi connectivity index (χ2v) is 7.74. The summed E-state index contributed by atoms with van der Waals surface area (Å²) in [5.41, 5.74) is 5.40. The van der Waals surface area contributed by atoms with Crippen molar-refractivity contribution in [3.63, 3.8) is 0 Å². The predicted molar refractivity (Wildman–Crippen MR) is 98.6 cm³/mol. The van der Waals surface area contributed by atoms with Gasteiger partial charge < -0.3 is 9.57 Å². The van der Waals surface area contributed by atoms with Crippen molar-refractivity contribution in [1.82, 2.24) is 9.63 Å². The maximum absolute atomic E-state index is 6.40. The van der Waals surface area contributed by atoms with Crippen LogP contribution in [0.4, 0.5) is 0 Å². The lowest BCUT2D eigenvalue weighted by Crippen LogP contribution is -2.54. The van der Waals surface area contributed by atoms with Gasteiger partial charge in [-0.15, -0.1) is 0 Å². The minimum Gasteiger partial charge on any atom is -0.417 e. The molecule has 0 N–H and O–H groups in total. The first kappa shape index (κ1) is 15.5. The molecule has 4 heteroatoms. The Morgan fingerprint density at radius 2 is 2.12 bits per heavy atom. The Bertz CT molecular complexity index is 853. The number of para-hydroxylation sites is 1. The van der Waals surface area contributed by atoms with Gasteiger partial charge in [-0.25, -0.2) is 0 Å². The lowest BCUT2D eigenvalue weighted by molar-refractivity contribution is -0.0887. The first-order valence-electron chi connectivity index (χ1n) is 9.36. The molecular weight excluding hydrogens is 312 g/mol. The van der Waals surface area contributed by atoms with Gasteiger partial charge in [0.05, 0.1) is 17.8 Å². The van der Waals surface area contributed by atoms with E-state index in [1.54, 1.807) is 12.7 Å². The second-order valence-electron chi connectivity index (χ2n) is 7.74. The fourth-order valence-corrected chi connectivity index (χ4v) is 5.52. The fraction of sp³-hybridized carbons (Fsp3) is 0.524. The highest BCUT2D eigenvalue weighted by atomic mass is 16.6. The maximum Gasteiger partial charge on any atom is 0.104 e. The third kappa shape index (κ3) is 2.07. The number of fused-ring (bicyclic) bond motifs is 2. The molecule has 0 spiro atoms. The van der Waals surface area contributed by atoms with E-state index in [-0.39, 0.29) is 6.10 Å². The zero-order chi connectivity index (χ0) is 17.1. The Balaban J connectivity index is 1.75. The van der Waals surface area contributed by atoms with E-state index < -0.39 is 0 Å². The molecule has 1 aromatic carbocycles. The van der Waals surface area contributed by atoms with Crippen molar-refractivity contribution in [2.45, 2.75) is 31.9 Å². The van der Waals surface area contributed by atoms with Crippen molar-refractivity contribution in [1.29, 1.82) is 0 Å². The highest BCUT2D eigenvalue weighted by Crippen LogP contribution is 2.49. The molecule has 132 valence electrons. The standard InChI is InChI=1S/C21H26N2O2/c1-4-13-11-22(2)19-9-16-14-7-5-6-8-18(14)23(24-3)21(16)20-10-15(13)17(19)12-25-20/h4-8,15,17,19-20H,9-12H2,1-3H3/b13-4-/t15?,17?,19-,20-/m0/s1. The molecule has 1 aliphatic carbocycles. The highest BCUT2D eigenvalue weighted by molar-refractivity contribution is 5.85. The summed E-state index contributed by atoms with van der Waals surface area (Å²) < 4.78 is 8.42. The van der Waals surface area contributed by atoms with Crippen molar-refractivity contribution in [2.24, 2.45) is 11.8 Å². The van der Waals surface area contributed by atoms with Crippen molar-refractivity contribution < 1.29 is 9.57 Å². The Labute approximate surface area is 149 Å². The smallest absolute Gasteiger partial charge is 0.104 e. The van der Waals surface area contributed by atoms with Crippen LogP contribution in [0.25, 0.3) is 10.9 Å². The fourth-order valence-electron chi connectivity index (χ4n) is 5.52. The van der Waals surface area contributed by atoms with Gasteiger partial charge in [-0.05, 0) is 44.4 Å². The average Bonchev–Trinajstić information content (AvgIpc) is 2.94. The third-order valence-corrected chi connectivity index (χ3v) is 6.69. The second kappa shape index (κ2) is 5.61. The van der Waals surface area contributed by atoms with Crippen LogP contribution >= 0.6 is 0 Å². The van der Waals surface area contributed by atoms with Crippen molar-refractivity contribution in [3.8, 4) is 0 Å². The number of piperidine rings is 1. The molecule has 2 unspecified atom stereocenters. The van der Waals surface area contributed by atoms with E-state index >= 15 is 0 Å². The van der Waals surface area contributed by atoms with Crippen LogP contribution in [0, 0.1) is 11.8 Å². The van der Waals surface area contributed by atoms with E-state index in [1.165, 1.54) is 16.6 Å². The molecule has 4 nitrogen and oxygen atoms in total. The summed E-state index contributed by atoms with van der Waals surface area (Å²) in [6.45, 7) is 4.13. The number of nitrogens with zero attached hydrogens (tertiary/aromatic N) is 2. The predicted octanol–water partition coefficient (Wildman–Crippen LogP) is 3.21. The number of allylic oxidation sites excluding steroid dienone is 1. The first-order valence-corrected chi connectivity index (χ1v) is 9.36. The number of likely N-dealkylation sites (N-methyl/N-ethyl adjacent to an activating group) is 1. The van der Waals surface area contributed by atoms with Crippen molar-refractivity contribution >= 4 is 10.9 Å².